The molecule has 2 aromatic rings. The van der Waals surface area contributed by atoms with E-state index < -0.39 is 30.1 Å². The average Bonchev–Trinajstić information content (AvgIpc) is 3.30. The normalized spacial score (nSPS) is 21.6. The van der Waals surface area contributed by atoms with E-state index >= 15 is 0 Å². The van der Waals surface area contributed by atoms with Crippen LogP contribution in [0.15, 0.2) is 16.5 Å². The molecule has 0 spiro atoms. The number of nitrogens with zero attached hydrogens (tertiary/aromatic N) is 3. The summed E-state index contributed by atoms with van der Waals surface area (Å²) in [5.74, 6) is -3.21. The molecule has 1 aromatic carbocycles. The predicted molar refractivity (Wildman–Crippen MR) is 91.3 cm³/mol. The second-order valence-electron chi connectivity index (χ2n) is 6.94. The van der Waals surface area contributed by atoms with Crippen molar-refractivity contribution in [3.8, 4) is 17.2 Å². The molecule has 2 amide bonds. The Hall–Kier alpha value is -3.11. The Morgan fingerprint density at radius 1 is 1.34 bits per heavy atom. The van der Waals surface area contributed by atoms with Gasteiger partial charge in [0, 0.05) is 17.7 Å². The van der Waals surface area contributed by atoms with Gasteiger partial charge in [0.1, 0.15) is 24.1 Å². The molecule has 0 saturated carbocycles. The minimum atomic E-state index is -2.94. The van der Waals surface area contributed by atoms with Crippen LogP contribution in [0.1, 0.15) is 31.2 Å². The number of nitrogens with one attached hydrogen (secondary N) is 1. The highest BCUT2D eigenvalue weighted by molar-refractivity contribution is 6.01. The Morgan fingerprint density at radius 3 is 2.79 bits per heavy atom. The molecule has 11 heteroatoms. The van der Waals surface area contributed by atoms with Crippen LogP contribution >= 0.6 is 0 Å². The largest absolute Gasteiger partial charge is 0.491 e. The summed E-state index contributed by atoms with van der Waals surface area (Å²) >= 11 is 0. The van der Waals surface area contributed by atoms with E-state index in [1.54, 1.807) is 6.92 Å². The van der Waals surface area contributed by atoms with E-state index in [1.807, 2.05) is 0 Å². The smallest absolute Gasteiger partial charge is 0.314 e. The highest BCUT2D eigenvalue weighted by atomic mass is 19.3. The summed E-state index contributed by atoms with van der Waals surface area (Å²) in [6, 6.07) is 2.07. The second-order valence-corrected chi connectivity index (χ2v) is 6.94. The lowest BCUT2D eigenvalue weighted by Crippen LogP contribution is -2.45. The zero-order valence-corrected chi connectivity index (χ0v) is 15.3. The van der Waals surface area contributed by atoms with Gasteiger partial charge in [-0.2, -0.15) is 8.78 Å². The number of rotatable bonds is 3. The molecule has 1 N–H and O–H groups in total. The molecule has 8 nitrogen and oxygen atoms in total. The number of aromatic nitrogens is 2. The van der Waals surface area contributed by atoms with Gasteiger partial charge in [-0.1, -0.05) is 0 Å². The van der Waals surface area contributed by atoms with Gasteiger partial charge in [0.15, 0.2) is 0 Å². The van der Waals surface area contributed by atoms with E-state index in [0.717, 1.165) is 6.07 Å². The van der Waals surface area contributed by atoms with Gasteiger partial charge >= 0.3 is 6.43 Å². The van der Waals surface area contributed by atoms with Crippen LogP contribution in [0.4, 0.5) is 13.2 Å². The molecule has 1 fully saturated rings. The maximum absolute atomic E-state index is 14.8. The maximum atomic E-state index is 14.8. The van der Waals surface area contributed by atoms with Crippen molar-refractivity contribution in [2.45, 2.75) is 32.4 Å². The maximum Gasteiger partial charge on any atom is 0.314 e. The first-order valence-electron chi connectivity index (χ1n) is 9.00. The lowest BCUT2D eigenvalue weighted by molar-refractivity contribution is -0.142. The standard InChI is InChI=1S/C18H17F3N4O4/c1-8-7-28-13-5-9(16-23-24-17(29-16)14(20)21)4-12(19)11(13)6-25(8)18(27)10-2-3-22-15(10)26/h4-5,8,10,14H,2-3,6-7H2,1H3,(H,22,26)/t8-,10?/m0/s1. The van der Waals surface area contributed by atoms with Crippen LogP contribution in [0.2, 0.25) is 0 Å². The van der Waals surface area contributed by atoms with E-state index in [1.165, 1.54) is 11.0 Å². The molecule has 4 rings (SSSR count). The van der Waals surface area contributed by atoms with E-state index in [0.29, 0.717) is 13.0 Å². The first-order valence-corrected chi connectivity index (χ1v) is 9.00. The summed E-state index contributed by atoms with van der Waals surface area (Å²) in [7, 11) is 0. The number of halogens is 3. The van der Waals surface area contributed by atoms with Crippen molar-refractivity contribution in [3.05, 3.63) is 29.4 Å². The number of hydrogen-bond acceptors (Lipinski definition) is 6. The molecule has 29 heavy (non-hydrogen) atoms. The van der Waals surface area contributed by atoms with Crippen LogP contribution in [-0.2, 0) is 16.1 Å². The zero-order valence-electron chi connectivity index (χ0n) is 15.3. The molecule has 0 bridgehead atoms. The fourth-order valence-corrected chi connectivity index (χ4v) is 3.41. The van der Waals surface area contributed by atoms with Crippen LogP contribution in [0, 0.1) is 11.7 Å². The van der Waals surface area contributed by atoms with Crippen LogP contribution in [-0.4, -0.2) is 46.1 Å². The highest BCUT2D eigenvalue weighted by Gasteiger charge is 2.38. The van der Waals surface area contributed by atoms with E-state index in [9.17, 15) is 22.8 Å². The summed E-state index contributed by atoms with van der Waals surface area (Å²) < 4.78 is 50.7. The number of amides is 2. The van der Waals surface area contributed by atoms with Crippen molar-refractivity contribution in [1.82, 2.24) is 20.4 Å². The third-order valence-electron chi connectivity index (χ3n) is 5.00. The van der Waals surface area contributed by atoms with E-state index in [-0.39, 0.29) is 47.7 Å². The average molecular weight is 410 g/mol. The zero-order chi connectivity index (χ0) is 20.7. The summed E-state index contributed by atoms with van der Waals surface area (Å²) in [6.07, 6.45) is -2.55. The number of benzene rings is 1. The van der Waals surface area contributed by atoms with Gasteiger partial charge in [-0.3, -0.25) is 9.59 Å². The first kappa shape index (κ1) is 19.2. The Bertz CT molecular complexity index is 965. The van der Waals surface area contributed by atoms with Crippen LogP contribution in [0.5, 0.6) is 5.75 Å². The molecular weight excluding hydrogens is 393 g/mol. The second kappa shape index (κ2) is 7.37. The fourth-order valence-electron chi connectivity index (χ4n) is 3.41. The fraction of sp³-hybridized carbons (Fsp3) is 0.444. The molecule has 1 unspecified atom stereocenters. The van der Waals surface area contributed by atoms with Gasteiger partial charge in [0.05, 0.1) is 12.6 Å². The Kier molecular flexibility index (Phi) is 4.89. The van der Waals surface area contributed by atoms with Gasteiger partial charge in [0.2, 0.25) is 17.7 Å². The van der Waals surface area contributed by atoms with Crippen LogP contribution in [0.3, 0.4) is 0 Å². The van der Waals surface area contributed by atoms with Gasteiger partial charge in [-0.15, -0.1) is 10.2 Å². The molecule has 1 aromatic heterocycles. The van der Waals surface area contributed by atoms with Crippen LogP contribution in [0.25, 0.3) is 11.5 Å². The van der Waals surface area contributed by atoms with Crippen molar-refractivity contribution < 1.29 is 31.9 Å². The summed E-state index contributed by atoms with van der Waals surface area (Å²) in [5, 5.41) is 9.36. The summed E-state index contributed by atoms with van der Waals surface area (Å²) in [5.41, 5.74) is 0.210. The molecule has 0 aliphatic carbocycles. The third kappa shape index (κ3) is 3.52. The number of ether oxygens (including phenoxy) is 1. The van der Waals surface area contributed by atoms with Gasteiger partial charge in [-0.25, -0.2) is 4.39 Å². The molecule has 2 aliphatic heterocycles. The minimum Gasteiger partial charge on any atom is -0.491 e. The monoisotopic (exact) mass is 410 g/mol. The van der Waals surface area contributed by atoms with Crippen molar-refractivity contribution in [2.75, 3.05) is 13.2 Å². The third-order valence-corrected chi connectivity index (χ3v) is 5.00. The van der Waals surface area contributed by atoms with Crippen molar-refractivity contribution >= 4 is 11.8 Å². The lowest BCUT2D eigenvalue weighted by atomic mass is 10.0. The number of fused-ring (bicyclic) bond motifs is 1. The molecule has 2 atom stereocenters. The first-order chi connectivity index (χ1) is 13.8. The lowest BCUT2D eigenvalue weighted by Gasteiger charge is -2.28. The molecule has 3 heterocycles. The van der Waals surface area contributed by atoms with E-state index in [2.05, 4.69) is 15.5 Å². The molecule has 2 aliphatic rings. The molecule has 1 saturated heterocycles. The number of carbonyl (C=O) groups is 2. The van der Waals surface area contributed by atoms with Gasteiger partial charge < -0.3 is 19.4 Å². The molecule has 154 valence electrons. The Labute approximate surface area is 163 Å². The summed E-state index contributed by atoms with van der Waals surface area (Å²) in [4.78, 5) is 26.1. The van der Waals surface area contributed by atoms with Crippen LogP contribution < -0.4 is 10.1 Å². The SMILES string of the molecule is C[C@H]1COc2cc(-c3nnc(C(F)F)o3)cc(F)c2CN1C(=O)C1CCNC1=O. The number of alkyl halides is 2. The van der Waals surface area contributed by atoms with Gasteiger partial charge in [-0.05, 0) is 25.5 Å². The van der Waals surface area contributed by atoms with Crippen molar-refractivity contribution in [2.24, 2.45) is 5.92 Å². The topological polar surface area (TPSA) is 97.6 Å². The quantitative estimate of drug-likeness (QED) is 0.778. The highest BCUT2D eigenvalue weighted by Crippen LogP contribution is 2.34. The predicted octanol–water partition coefficient (Wildman–Crippen LogP) is 2.06. The Balaban J connectivity index is 1.64. The minimum absolute atomic E-state index is 0.0715. The number of carbonyl (C=O) groups excluding carboxylic acids is 2. The molecule has 0 radical (unpaired) electrons. The van der Waals surface area contributed by atoms with Crippen molar-refractivity contribution in [3.63, 3.8) is 0 Å². The summed E-state index contributed by atoms with van der Waals surface area (Å²) in [6.45, 7) is 2.15. The molecular formula is C18H17F3N4O4. The number of hydrogen-bond donors (Lipinski definition) is 1. The van der Waals surface area contributed by atoms with Gasteiger partial charge in [0.25, 0.3) is 5.89 Å². The Morgan fingerprint density at radius 2 is 2.14 bits per heavy atom. The van der Waals surface area contributed by atoms with Crippen molar-refractivity contribution in [1.29, 1.82) is 0 Å². The van der Waals surface area contributed by atoms with E-state index in [4.69, 9.17) is 9.15 Å².